The summed E-state index contributed by atoms with van der Waals surface area (Å²) in [6.07, 6.45) is 0. The summed E-state index contributed by atoms with van der Waals surface area (Å²) in [6, 6.07) is 15.4. The lowest BCUT2D eigenvalue weighted by Crippen LogP contribution is -2.26. The molecule has 0 aliphatic carbocycles. The smallest absolute Gasteiger partial charge is 0.264 e. The summed E-state index contributed by atoms with van der Waals surface area (Å²) in [5.41, 5.74) is 6.66. The van der Waals surface area contributed by atoms with Gasteiger partial charge in [-0.1, -0.05) is 30.0 Å². The fourth-order valence-corrected chi connectivity index (χ4v) is 2.99. The van der Waals surface area contributed by atoms with E-state index in [-0.39, 0.29) is 11.4 Å². The van der Waals surface area contributed by atoms with Crippen LogP contribution in [0.2, 0.25) is 0 Å². The van der Waals surface area contributed by atoms with Crippen LogP contribution in [0.5, 0.6) is 0 Å². The monoisotopic (exact) mass is 300 g/mol. The number of nitrogens with two attached hydrogens (primary N) is 1. The standard InChI is InChI=1S/C16H16N2O2S/c1-18(15-7-3-2-4-8-15)21(19,20)16-11-9-14(10-12-16)6-5-13-17/h2-4,7-12H,13,17H2,1H3. The van der Waals surface area contributed by atoms with Gasteiger partial charge in [0.2, 0.25) is 0 Å². The van der Waals surface area contributed by atoms with Crippen LogP contribution in [0.4, 0.5) is 5.69 Å². The van der Waals surface area contributed by atoms with Gasteiger partial charge in [-0.15, -0.1) is 0 Å². The maximum Gasteiger partial charge on any atom is 0.264 e. The third kappa shape index (κ3) is 3.43. The molecule has 0 saturated carbocycles. The molecule has 0 aliphatic rings. The van der Waals surface area contributed by atoms with Crippen LogP contribution in [0.1, 0.15) is 5.56 Å². The number of benzene rings is 2. The van der Waals surface area contributed by atoms with Crippen LogP contribution in [0, 0.1) is 11.8 Å². The van der Waals surface area contributed by atoms with Gasteiger partial charge < -0.3 is 5.73 Å². The number of para-hydroxylation sites is 1. The molecule has 0 heterocycles. The summed E-state index contributed by atoms with van der Waals surface area (Å²) in [4.78, 5) is 0.229. The van der Waals surface area contributed by atoms with Crippen molar-refractivity contribution in [1.82, 2.24) is 0 Å². The highest BCUT2D eigenvalue weighted by atomic mass is 32.2. The van der Waals surface area contributed by atoms with E-state index in [4.69, 9.17) is 5.73 Å². The van der Waals surface area contributed by atoms with Crippen LogP contribution in [0.25, 0.3) is 0 Å². The summed E-state index contributed by atoms with van der Waals surface area (Å²) >= 11 is 0. The van der Waals surface area contributed by atoms with Crippen molar-refractivity contribution in [3.8, 4) is 11.8 Å². The minimum absolute atomic E-state index is 0.229. The number of hydrogen-bond donors (Lipinski definition) is 1. The Morgan fingerprint density at radius 1 is 1.05 bits per heavy atom. The maximum atomic E-state index is 12.5. The number of nitrogens with zero attached hydrogens (tertiary/aromatic N) is 1. The number of sulfonamides is 1. The van der Waals surface area contributed by atoms with Crippen LogP contribution >= 0.6 is 0 Å². The van der Waals surface area contributed by atoms with E-state index in [0.29, 0.717) is 5.69 Å². The van der Waals surface area contributed by atoms with E-state index in [1.807, 2.05) is 6.07 Å². The molecule has 0 saturated heterocycles. The molecule has 0 bridgehead atoms. The van der Waals surface area contributed by atoms with Crippen molar-refractivity contribution in [3.63, 3.8) is 0 Å². The fraction of sp³-hybridized carbons (Fsp3) is 0.125. The fourth-order valence-electron chi connectivity index (χ4n) is 1.80. The largest absolute Gasteiger partial charge is 0.320 e. The van der Waals surface area contributed by atoms with Gasteiger partial charge in [-0.05, 0) is 36.4 Å². The molecular weight excluding hydrogens is 284 g/mol. The Kier molecular flexibility index (Phi) is 4.63. The Morgan fingerprint density at radius 3 is 2.24 bits per heavy atom. The van der Waals surface area contributed by atoms with Gasteiger partial charge in [0.1, 0.15) is 0 Å². The summed E-state index contributed by atoms with van der Waals surface area (Å²) in [6.45, 7) is 0.275. The number of anilines is 1. The van der Waals surface area contributed by atoms with Crippen molar-refractivity contribution < 1.29 is 8.42 Å². The quantitative estimate of drug-likeness (QED) is 0.880. The van der Waals surface area contributed by atoms with E-state index in [1.54, 1.807) is 48.5 Å². The average Bonchev–Trinajstić information content (AvgIpc) is 2.53. The molecule has 5 heteroatoms. The molecule has 0 radical (unpaired) electrons. The molecule has 2 aromatic rings. The predicted molar refractivity (Wildman–Crippen MR) is 84.4 cm³/mol. The number of hydrogen-bond acceptors (Lipinski definition) is 3. The molecule has 0 amide bonds. The van der Waals surface area contributed by atoms with Crippen LogP contribution in [0.3, 0.4) is 0 Å². The van der Waals surface area contributed by atoms with Crippen molar-refractivity contribution in [2.45, 2.75) is 4.90 Å². The molecule has 0 atom stereocenters. The highest BCUT2D eigenvalue weighted by molar-refractivity contribution is 7.92. The Balaban J connectivity index is 2.31. The molecule has 108 valence electrons. The van der Waals surface area contributed by atoms with Crippen LogP contribution in [0.15, 0.2) is 59.5 Å². The first kappa shape index (κ1) is 15.1. The highest BCUT2D eigenvalue weighted by Gasteiger charge is 2.20. The van der Waals surface area contributed by atoms with Crippen LogP contribution < -0.4 is 10.0 Å². The summed E-state index contributed by atoms with van der Waals surface area (Å²) in [5, 5.41) is 0. The van der Waals surface area contributed by atoms with Gasteiger partial charge in [-0.2, -0.15) is 0 Å². The Morgan fingerprint density at radius 2 is 1.67 bits per heavy atom. The first-order valence-electron chi connectivity index (χ1n) is 6.38. The molecule has 21 heavy (non-hydrogen) atoms. The van der Waals surface area contributed by atoms with Gasteiger partial charge in [-0.3, -0.25) is 4.31 Å². The van der Waals surface area contributed by atoms with Crippen molar-refractivity contribution in [3.05, 3.63) is 60.2 Å². The molecule has 0 fully saturated rings. The van der Waals surface area contributed by atoms with Gasteiger partial charge in [0, 0.05) is 12.6 Å². The molecule has 2 N–H and O–H groups in total. The maximum absolute atomic E-state index is 12.5. The third-order valence-electron chi connectivity index (χ3n) is 2.97. The second-order valence-electron chi connectivity index (χ2n) is 4.34. The molecule has 4 nitrogen and oxygen atoms in total. The van der Waals surface area contributed by atoms with Crippen LogP contribution in [-0.4, -0.2) is 22.0 Å². The number of rotatable bonds is 3. The van der Waals surface area contributed by atoms with E-state index < -0.39 is 10.0 Å². The summed E-state index contributed by atoms with van der Waals surface area (Å²) < 4.78 is 26.3. The van der Waals surface area contributed by atoms with E-state index in [9.17, 15) is 8.42 Å². The van der Waals surface area contributed by atoms with Crippen molar-refractivity contribution in [1.29, 1.82) is 0 Å². The molecule has 0 unspecified atom stereocenters. The molecule has 0 aliphatic heterocycles. The lowest BCUT2D eigenvalue weighted by molar-refractivity contribution is 0.594. The Hall–Kier alpha value is -2.29. The van der Waals surface area contributed by atoms with Crippen LogP contribution in [-0.2, 0) is 10.0 Å². The molecule has 2 rings (SSSR count). The van der Waals surface area contributed by atoms with E-state index >= 15 is 0 Å². The Bertz CT molecular complexity index is 757. The first-order chi connectivity index (χ1) is 10.1. The third-order valence-corrected chi connectivity index (χ3v) is 4.77. The van der Waals surface area contributed by atoms with Gasteiger partial charge in [0.05, 0.1) is 17.1 Å². The van der Waals surface area contributed by atoms with E-state index in [2.05, 4.69) is 11.8 Å². The predicted octanol–water partition coefficient (Wildman–Crippen LogP) is 1.82. The second-order valence-corrected chi connectivity index (χ2v) is 6.31. The van der Waals surface area contributed by atoms with Gasteiger partial charge in [0.15, 0.2) is 0 Å². The highest BCUT2D eigenvalue weighted by Crippen LogP contribution is 2.21. The van der Waals surface area contributed by atoms with Crippen molar-refractivity contribution >= 4 is 15.7 Å². The van der Waals surface area contributed by atoms with Crippen molar-refractivity contribution in [2.24, 2.45) is 5.73 Å². The topological polar surface area (TPSA) is 63.4 Å². The van der Waals surface area contributed by atoms with Gasteiger partial charge >= 0.3 is 0 Å². The van der Waals surface area contributed by atoms with Gasteiger partial charge in [-0.25, -0.2) is 8.42 Å². The average molecular weight is 300 g/mol. The zero-order valence-electron chi connectivity index (χ0n) is 11.7. The van der Waals surface area contributed by atoms with Gasteiger partial charge in [0.25, 0.3) is 10.0 Å². The normalized spacial score (nSPS) is 10.6. The minimum atomic E-state index is -3.57. The molecule has 2 aromatic carbocycles. The summed E-state index contributed by atoms with van der Waals surface area (Å²) in [5.74, 6) is 5.59. The molecule has 0 aromatic heterocycles. The molecule has 0 spiro atoms. The van der Waals surface area contributed by atoms with Crippen molar-refractivity contribution in [2.75, 3.05) is 17.9 Å². The Labute approximate surface area is 125 Å². The SMILES string of the molecule is CN(c1ccccc1)S(=O)(=O)c1ccc(C#CCN)cc1. The minimum Gasteiger partial charge on any atom is -0.320 e. The first-order valence-corrected chi connectivity index (χ1v) is 7.82. The summed E-state index contributed by atoms with van der Waals surface area (Å²) in [7, 11) is -2.03. The molecular formula is C16H16N2O2S. The lowest BCUT2D eigenvalue weighted by atomic mass is 10.2. The van der Waals surface area contributed by atoms with E-state index in [0.717, 1.165) is 5.56 Å². The zero-order chi connectivity index (χ0) is 15.3. The van der Waals surface area contributed by atoms with E-state index in [1.165, 1.54) is 11.4 Å². The lowest BCUT2D eigenvalue weighted by Gasteiger charge is -2.19. The zero-order valence-corrected chi connectivity index (χ0v) is 12.5. The second kappa shape index (κ2) is 6.44.